The van der Waals surface area contributed by atoms with Crippen molar-refractivity contribution in [1.29, 1.82) is 5.26 Å². The van der Waals surface area contributed by atoms with E-state index < -0.39 is 46.7 Å². The summed E-state index contributed by atoms with van der Waals surface area (Å²) in [6, 6.07) is 9.14. The topological polar surface area (TPSA) is 108 Å². The lowest BCUT2D eigenvalue weighted by atomic mass is 9.86. The number of rotatable bonds is 6. The number of nitrogens with one attached hydrogen (secondary N) is 1. The monoisotopic (exact) mass is 452 g/mol. The number of amides is 1. The number of anilines is 2. The number of nitriles is 1. The maximum Gasteiger partial charge on any atom is 0.418 e. The van der Waals surface area contributed by atoms with Gasteiger partial charge in [0, 0.05) is 24.8 Å². The molecule has 0 fully saturated rings. The largest absolute Gasteiger partial charge is 0.467 e. The lowest BCUT2D eigenvalue weighted by Crippen LogP contribution is -2.47. The van der Waals surface area contributed by atoms with E-state index >= 15 is 0 Å². The van der Waals surface area contributed by atoms with Crippen molar-refractivity contribution in [2.75, 3.05) is 25.2 Å². The summed E-state index contributed by atoms with van der Waals surface area (Å²) < 4.78 is 59.6. The highest BCUT2D eigenvalue weighted by Gasteiger charge is 2.42. The van der Waals surface area contributed by atoms with Crippen LogP contribution in [0.4, 0.5) is 29.0 Å². The van der Waals surface area contributed by atoms with Crippen LogP contribution in [0.3, 0.4) is 0 Å². The molecule has 7 nitrogen and oxygen atoms in total. The number of methoxy groups -OCH3 is 1. The summed E-state index contributed by atoms with van der Waals surface area (Å²) in [5, 5.41) is 11.7. The van der Waals surface area contributed by atoms with Crippen LogP contribution in [0, 0.1) is 11.3 Å². The molecule has 0 aliphatic carbocycles. The van der Waals surface area contributed by atoms with Gasteiger partial charge in [0.25, 0.3) is 5.91 Å². The summed E-state index contributed by atoms with van der Waals surface area (Å²) in [6.07, 6.45) is -5.58. The van der Waals surface area contributed by atoms with Crippen molar-refractivity contribution >= 4 is 23.3 Å². The summed E-state index contributed by atoms with van der Waals surface area (Å²) in [5.74, 6) is -2.01. The molecule has 2 aromatic rings. The Morgan fingerprint density at radius 1 is 1.22 bits per heavy atom. The van der Waals surface area contributed by atoms with Crippen LogP contribution in [0.2, 0.25) is 0 Å². The van der Waals surface area contributed by atoms with Crippen molar-refractivity contribution in [1.82, 2.24) is 5.12 Å². The number of benzene rings is 2. The number of nitrogens with zero attached hydrogens (tertiary/aromatic N) is 2. The third kappa shape index (κ3) is 4.91. The number of hydrogen-bond donors (Lipinski definition) is 2. The molecule has 0 bridgehead atoms. The van der Waals surface area contributed by atoms with E-state index in [9.17, 15) is 27.2 Å². The van der Waals surface area contributed by atoms with Crippen LogP contribution >= 0.6 is 0 Å². The fourth-order valence-electron chi connectivity index (χ4n) is 3.26. The molecule has 32 heavy (non-hydrogen) atoms. The average Bonchev–Trinajstić information content (AvgIpc) is 2.73. The van der Waals surface area contributed by atoms with Crippen molar-refractivity contribution < 1.29 is 32.0 Å². The van der Waals surface area contributed by atoms with Gasteiger partial charge in [0.1, 0.15) is 5.54 Å². The van der Waals surface area contributed by atoms with Gasteiger partial charge in [-0.2, -0.15) is 23.6 Å². The van der Waals surface area contributed by atoms with Crippen LogP contribution in [0.25, 0.3) is 0 Å². The van der Waals surface area contributed by atoms with Gasteiger partial charge in [-0.15, -0.1) is 0 Å². The number of carbonyl (C=O) groups is 2. The third-order valence-electron chi connectivity index (χ3n) is 4.77. The molecule has 0 aromatic heterocycles. The lowest BCUT2D eigenvalue weighted by molar-refractivity contribution is -0.146. The number of alkyl halides is 3. The van der Waals surface area contributed by atoms with Gasteiger partial charge in [0.05, 0.1) is 29.9 Å². The molecule has 0 aliphatic heterocycles. The van der Waals surface area contributed by atoms with E-state index in [1.54, 1.807) is 0 Å². The molecule has 0 radical (unpaired) electrons. The molecule has 0 spiro atoms. The molecule has 1 unspecified atom stereocenters. The van der Waals surface area contributed by atoms with Gasteiger partial charge >= 0.3 is 12.1 Å². The van der Waals surface area contributed by atoms with E-state index in [1.807, 2.05) is 0 Å². The van der Waals surface area contributed by atoms with Crippen molar-refractivity contribution in [3.63, 3.8) is 0 Å². The number of nitrogens with two attached hydrogens (primary N) is 1. The summed E-state index contributed by atoms with van der Waals surface area (Å²) in [4.78, 5) is 24.8. The van der Waals surface area contributed by atoms with E-state index in [0.717, 1.165) is 26.3 Å². The van der Waals surface area contributed by atoms with Gasteiger partial charge < -0.3 is 15.8 Å². The number of halogens is 4. The molecule has 1 amide bonds. The van der Waals surface area contributed by atoms with Crippen LogP contribution in [0.5, 0.6) is 0 Å². The predicted molar refractivity (Wildman–Crippen MR) is 108 cm³/mol. The highest BCUT2D eigenvalue weighted by molar-refractivity contribution is 6.00. The minimum Gasteiger partial charge on any atom is -0.467 e. The fraction of sp³-hybridized carbons (Fsp3) is 0.286. The minimum absolute atomic E-state index is 0.0153. The van der Waals surface area contributed by atoms with Crippen LogP contribution < -0.4 is 11.1 Å². The Bertz CT molecular complexity index is 1080. The summed E-state index contributed by atoms with van der Waals surface area (Å²) in [5.41, 5.74) is 1.03. The first-order chi connectivity index (χ1) is 14.9. The van der Waals surface area contributed by atoms with Gasteiger partial charge in [0.15, 0.2) is 0 Å². The molecular weight excluding hydrogens is 432 g/mol. The standard InChI is InChI=1S/C21H20F4N4O3/c1-20(19(31)32-3,28-16-7-5-4-6-13(16)18(30)29(2)25)10-14-15(27)9-8-12(11-26)17(14)21(22,23)24/h4-9,28H,10,27H2,1-3H3. The molecule has 11 heteroatoms. The Hall–Kier alpha value is -3.81. The Morgan fingerprint density at radius 3 is 2.38 bits per heavy atom. The van der Waals surface area contributed by atoms with Crippen molar-refractivity contribution in [2.45, 2.75) is 25.1 Å². The van der Waals surface area contributed by atoms with Crippen LogP contribution in [-0.4, -0.2) is 36.7 Å². The molecular formula is C21H20F4N4O3. The molecule has 0 saturated heterocycles. The highest BCUT2D eigenvalue weighted by Crippen LogP contribution is 2.39. The minimum atomic E-state index is -4.93. The van der Waals surface area contributed by atoms with Gasteiger partial charge in [-0.25, -0.2) is 4.79 Å². The van der Waals surface area contributed by atoms with Crippen molar-refractivity contribution in [3.05, 3.63) is 58.7 Å². The van der Waals surface area contributed by atoms with Gasteiger partial charge in [0.2, 0.25) is 0 Å². The maximum absolute atomic E-state index is 13.8. The van der Waals surface area contributed by atoms with E-state index in [2.05, 4.69) is 5.32 Å². The first-order valence-corrected chi connectivity index (χ1v) is 9.13. The van der Waals surface area contributed by atoms with E-state index in [1.165, 1.54) is 37.3 Å². The maximum atomic E-state index is 13.8. The Morgan fingerprint density at radius 2 is 1.84 bits per heavy atom. The molecule has 0 saturated carbocycles. The quantitative estimate of drug-likeness (QED) is 0.300. The summed E-state index contributed by atoms with van der Waals surface area (Å²) in [6.45, 7) is 1.25. The molecule has 2 rings (SSSR count). The van der Waals surface area contributed by atoms with Gasteiger partial charge in [-0.1, -0.05) is 16.6 Å². The lowest BCUT2D eigenvalue weighted by Gasteiger charge is -2.31. The zero-order valence-electron chi connectivity index (χ0n) is 17.4. The number of para-hydroxylation sites is 1. The van der Waals surface area contributed by atoms with Crippen molar-refractivity contribution in [2.24, 2.45) is 0 Å². The third-order valence-corrected chi connectivity index (χ3v) is 4.77. The second-order valence-electron chi connectivity index (χ2n) is 7.12. The van der Waals surface area contributed by atoms with E-state index in [-0.39, 0.29) is 22.1 Å². The van der Waals surface area contributed by atoms with Gasteiger partial charge in [-0.05, 0) is 36.8 Å². The molecule has 0 aliphatic rings. The average molecular weight is 452 g/mol. The zero-order valence-corrected chi connectivity index (χ0v) is 17.4. The van der Waals surface area contributed by atoms with Crippen molar-refractivity contribution in [3.8, 4) is 6.07 Å². The summed E-state index contributed by atoms with van der Waals surface area (Å²) in [7, 11) is 1.91. The highest BCUT2D eigenvalue weighted by atomic mass is 19.4. The van der Waals surface area contributed by atoms with Crippen LogP contribution in [-0.2, 0) is 22.1 Å². The number of ether oxygens (including phenoxy) is 1. The molecule has 2 aromatic carbocycles. The molecule has 1 atom stereocenters. The normalized spacial score (nSPS) is 12.9. The first kappa shape index (κ1) is 24.5. The number of carbonyl (C=O) groups excluding carboxylic acids is 2. The smallest absolute Gasteiger partial charge is 0.418 e. The summed E-state index contributed by atoms with van der Waals surface area (Å²) >= 11 is 0. The van der Waals surface area contributed by atoms with Gasteiger partial charge in [-0.3, -0.25) is 4.79 Å². The molecule has 0 heterocycles. The van der Waals surface area contributed by atoms with Crippen LogP contribution in [0.15, 0.2) is 36.4 Å². The Kier molecular flexibility index (Phi) is 6.98. The number of esters is 1. The molecule has 3 N–H and O–H groups in total. The number of hydrogen-bond acceptors (Lipinski definition) is 6. The second kappa shape index (κ2) is 9.13. The van der Waals surface area contributed by atoms with Crippen LogP contribution in [0.1, 0.15) is 34.0 Å². The predicted octanol–water partition coefficient (Wildman–Crippen LogP) is 3.70. The molecule has 170 valence electrons. The Balaban J connectivity index is 2.66. The first-order valence-electron chi connectivity index (χ1n) is 9.13. The second-order valence-corrected chi connectivity index (χ2v) is 7.12. The van der Waals surface area contributed by atoms with E-state index in [4.69, 9.17) is 15.7 Å². The number of nitrogen functional groups attached to an aromatic ring is 1. The zero-order chi connectivity index (χ0) is 24.3. The SMILES string of the molecule is COC(=O)C(C)(Cc1c(N)ccc(C#N)c1C(F)(F)F)Nc1ccccc1C(=O)N(C)F. The Labute approximate surface area is 181 Å². The van der Waals surface area contributed by atoms with E-state index in [0.29, 0.717) is 0 Å². The fourth-order valence-corrected chi connectivity index (χ4v) is 3.26.